The molecule has 0 aliphatic heterocycles. The molecule has 0 aliphatic rings. The first-order valence-electron chi connectivity index (χ1n) is 5.93. The van der Waals surface area contributed by atoms with Crippen LogP contribution >= 0.6 is 11.3 Å². The summed E-state index contributed by atoms with van der Waals surface area (Å²) < 4.78 is 1.10. The summed E-state index contributed by atoms with van der Waals surface area (Å²) in [6, 6.07) is 8.47. The number of nitrogens with zero attached hydrogens (tertiary/aromatic N) is 1. The van der Waals surface area contributed by atoms with E-state index in [9.17, 15) is 0 Å². The lowest BCUT2D eigenvalue weighted by Gasteiger charge is -2.02. The van der Waals surface area contributed by atoms with Gasteiger partial charge in [0.25, 0.3) is 0 Å². The first kappa shape index (κ1) is 13.5. The van der Waals surface area contributed by atoms with Crippen LogP contribution in [0.3, 0.4) is 0 Å². The molecule has 0 aliphatic carbocycles. The number of fused-ring (bicyclic) bond motifs is 1. The Balaban J connectivity index is 0.000000686. The number of nitrogens with one attached hydrogen (secondary N) is 1. The Hall–Kier alpha value is -1.53. The molecular weight excluding hydrogens is 228 g/mol. The summed E-state index contributed by atoms with van der Waals surface area (Å²) in [6.07, 6.45) is 1.03. The molecule has 0 saturated carbocycles. The molecule has 2 rings (SSSR count). The lowest BCUT2D eigenvalue weighted by atomic mass is 10.1. The topological polar surface area (TPSA) is 35.8 Å². The standard InChI is InChI=1S/C12H12N2S.C2H6/c1-3-9-6-8-4-5-11(14-2)10(7-13)12(8)15-9;1-2/h4-6,14H,3H2,1-2H3;1-2H3. The monoisotopic (exact) mass is 246 g/mol. The zero-order chi connectivity index (χ0) is 12.8. The number of rotatable bonds is 2. The van der Waals surface area contributed by atoms with Crippen molar-refractivity contribution in [1.29, 1.82) is 5.26 Å². The van der Waals surface area contributed by atoms with Gasteiger partial charge in [0.1, 0.15) is 6.07 Å². The third kappa shape index (κ3) is 2.59. The fourth-order valence-electron chi connectivity index (χ4n) is 1.65. The molecule has 0 atom stereocenters. The van der Waals surface area contributed by atoms with Crippen LogP contribution in [0.1, 0.15) is 31.2 Å². The smallest absolute Gasteiger partial charge is 0.103 e. The molecule has 2 nitrogen and oxygen atoms in total. The maximum absolute atomic E-state index is 9.15. The van der Waals surface area contributed by atoms with E-state index in [4.69, 9.17) is 5.26 Å². The zero-order valence-electron chi connectivity index (χ0n) is 10.8. The van der Waals surface area contributed by atoms with Gasteiger partial charge in [-0.1, -0.05) is 26.8 Å². The molecule has 0 radical (unpaired) electrons. The van der Waals surface area contributed by atoms with Crippen LogP contribution in [0.25, 0.3) is 10.1 Å². The highest BCUT2D eigenvalue weighted by molar-refractivity contribution is 7.19. The fraction of sp³-hybridized carbons (Fsp3) is 0.357. The molecule has 2 aromatic rings. The summed E-state index contributed by atoms with van der Waals surface area (Å²) in [5.41, 5.74) is 1.68. The minimum absolute atomic E-state index is 0.764. The number of thiophene rings is 1. The summed E-state index contributed by atoms with van der Waals surface area (Å²) in [7, 11) is 1.84. The lowest BCUT2D eigenvalue weighted by Crippen LogP contribution is -1.91. The van der Waals surface area contributed by atoms with Gasteiger partial charge in [-0.25, -0.2) is 0 Å². The van der Waals surface area contributed by atoms with Gasteiger partial charge >= 0.3 is 0 Å². The molecule has 0 bridgehead atoms. The normalized spacial score (nSPS) is 9.35. The van der Waals surface area contributed by atoms with Gasteiger partial charge in [0.05, 0.1) is 16.0 Å². The Morgan fingerprint density at radius 1 is 1.35 bits per heavy atom. The van der Waals surface area contributed by atoms with Gasteiger partial charge in [0, 0.05) is 11.9 Å². The molecular formula is C14H18N2S. The van der Waals surface area contributed by atoms with Gasteiger partial charge in [-0.2, -0.15) is 5.26 Å². The molecule has 0 fully saturated rings. The molecule has 1 heterocycles. The van der Waals surface area contributed by atoms with Crippen molar-refractivity contribution in [3.05, 3.63) is 28.6 Å². The Morgan fingerprint density at radius 2 is 2.06 bits per heavy atom. The van der Waals surface area contributed by atoms with Gasteiger partial charge in [0.15, 0.2) is 0 Å². The van der Waals surface area contributed by atoms with E-state index in [0.29, 0.717) is 0 Å². The van der Waals surface area contributed by atoms with E-state index >= 15 is 0 Å². The number of benzene rings is 1. The number of hydrogen-bond acceptors (Lipinski definition) is 3. The van der Waals surface area contributed by atoms with E-state index in [1.54, 1.807) is 11.3 Å². The first-order valence-corrected chi connectivity index (χ1v) is 6.75. The predicted octanol–water partition coefficient (Wildman–Crippen LogP) is 4.40. The van der Waals surface area contributed by atoms with Gasteiger partial charge in [-0.05, 0) is 23.9 Å². The maximum atomic E-state index is 9.15. The molecule has 3 heteroatoms. The fourth-order valence-corrected chi connectivity index (χ4v) is 2.74. The Labute approximate surface area is 107 Å². The Morgan fingerprint density at radius 3 is 2.59 bits per heavy atom. The molecule has 0 saturated heterocycles. The van der Waals surface area contributed by atoms with Crippen LogP contribution in [-0.4, -0.2) is 7.05 Å². The van der Waals surface area contributed by atoms with Crippen LogP contribution in [0.4, 0.5) is 5.69 Å². The molecule has 90 valence electrons. The van der Waals surface area contributed by atoms with Gasteiger partial charge in [-0.15, -0.1) is 11.3 Å². The number of hydrogen-bond donors (Lipinski definition) is 1. The summed E-state index contributed by atoms with van der Waals surface area (Å²) in [5, 5.41) is 13.4. The highest BCUT2D eigenvalue weighted by Crippen LogP contribution is 2.32. The van der Waals surface area contributed by atoms with Gasteiger partial charge < -0.3 is 5.32 Å². The lowest BCUT2D eigenvalue weighted by molar-refractivity contribution is 1.19. The summed E-state index contributed by atoms with van der Waals surface area (Å²) in [5.74, 6) is 0. The van der Waals surface area contributed by atoms with Crippen LogP contribution in [-0.2, 0) is 6.42 Å². The van der Waals surface area contributed by atoms with Gasteiger partial charge in [-0.3, -0.25) is 0 Å². The Bertz CT molecular complexity index is 535. The van der Waals surface area contributed by atoms with Crippen molar-refractivity contribution in [2.45, 2.75) is 27.2 Å². The largest absolute Gasteiger partial charge is 0.387 e. The van der Waals surface area contributed by atoms with E-state index in [1.807, 2.05) is 27.0 Å². The van der Waals surface area contributed by atoms with Crippen LogP contribution in [0, 0.1) is 11.3 Å². The quantitative estimate of drug-likeness (QED) is 0.852. The Kier molecular flexibility index (Phi) is 4.99. The average molecular weight is 246 g/mol. The second-order valence-corrected chi connectivity index (χ2v) is 4.47. The minimum atomic E-state index is 0.764. The highest BCUT2D eigenvalue weighted by atomic mass is 32.1. The van der Waals surface area contributed by atoms with Crippen molar-refractivity contribution in [2.75, 3.05) is 12.4 Å². The van der Waals surface area contributed by atoms with Crippen molar-refractivity contribution in [1.82, 2.24) is 0 Å². The van der Waals surface area contributed by atoms with E-state index in [1.165, 1.54) is 10.3 Å². The van der Waals surface area contributed by atoms with Crippen molar-refractivity contribution < 1.29 is 0 Å². The summed E-state index contributed by atoms with van der Waals surface area (Å²) >= 11 is 1.72. The number of aryl methyl sites for hydroxylation is 1. The van der Waals surface area contributed by atoms with Crippen LogP contribution < -0.4 is 5.32 Å². The van der Waals surface area contributed by atoms with Gasteiger partial charge in [0.2, 0.25) is 0 Å². The molecule has 0 amide bonds. The maximum Gasteiger partial charge on any atom is 0.103 e. The molecule has 0 spiro atoms. The second-order valence-electron chi connectivity index (χ2n) is 3.33. The molecule has 0 unspecified atom stereocenters. The van der Waals surface area contributed by atoms with Crippen molar-refractivity contribution in [3.8, 4) is 6.07 Å². The van der Waals surface area contributed by atoms with E-state index in [-0.39, 0.29) is 0 Å². The zero-order valence-corrected chi connectivity index (χ0v) is 11.6. The van der Waals surface area contributed by atoms with Crippen LogP contribution in [0.5, 0.6) is 0 Å². The SMILES string of the molecule is CC.CCc1cc2ccc(NC)c(C#N)c2s1. The average Bonchev–Trinajstić information content (AvgIpc) is 2.82. The van der Waals surface area contributed by atoms with Crippen LogP contribution in [0.15, 0.2) is 18.2 Å². The number of anilines is 1. The van der Waals surface area contributed by atoms with E-state index in [2.05, 4.69) is 30.4 Å². The molecule has 1 N–H and O–H groups in total. The third-order valence-electron chi connectivity index (χ3n) is 2.47. The highest BCUT2D eigenvalue weighted by Gasteiger charge is 2.09. The summed E-state index contributed by atoms with van der Waals surface area (Å²) in [6.45, 7) is 6.13. The molecule has 1 aromatic heterocycles. The van der Waals surface area contributed by atoms with Crippen LogP contribution in [0.2, 0.25) is 0 Å². The third-order valence-corrected chi connectivity index (χ3v) is 3.78. The van der Waals surface area contributed by atoms with Crippen molar-refractivity contribution in [3.63, 3.8) is 0 Å². The van der Waals surface area contributed by atoms with E-state index in [0.717, 1.165) is 22.4 Å². The number of nitriles is 1. The first-order chi connectivity index (χ1) is 8.30. The second kappa shape index (κ2) is 6.27. The van der Waals surface area contributed by atoms with Crippen molar-refractivity contribution >= 4 is 27.1 Å². The van der Waals surface area contributed by atoms with Crippen molar-refractivity contribution in [2.24, 2.45) is 0 Å². The molecule has 17 heavy (non-hydrogen) atoms. The minimum Gasteiger partial charge on any atom is -0.387 e. The molecule has 1 aromatic carbocycles. The van der Waals surface area contributed by atoms with E-state index < -0.39 is 0 Å². The predicted molar refractivity (Wildman–Crippen MR) is 76.8 cm³/mol. The summed E-state index contributed by atoms with van der Waals surface area (Å²) in [4.78, 5) is 1.33.